The molecule has 0 aliphatic carbocycles. The van der Waals surface area contributed by atoms with Gasteiger partial charge in [0.15, 0.2) is 5.65 Å². The fourth-order valence-electron chi connectivity index (χ4n) is 4.96. The number of nitrogens with zero attached hydrogens (tertiary/aromatic N) is 6. The van der Waals surface area contributed by atoms with Crippen molar-refractivity contribution in [1.82, 2.24) is 23.4 Å². The number of fused-ring (bicyclic) bond motifs is 3. The van der Waals surface area contributed by atoms with E-state index in [2.05, 4.69) is 20.5 Å². The van der Waals surface area contributed by atoms with Gasteiger partial charge in [0.2, 0.25) is 0 Å². The Hall–Kier alpha value is -4.00. The second kappa shape index (κ2) is 8.34. The molecular weight excluding hydrogens is 460 g/mol. The van der Waals surface area contributed by atoms with Gasteiger partial charge in [0.05, 0.1) is 29.2 Å². The molecule has 0 spiro atoms. The van der Waals surface area contributed by atoms with Crippen LogP contribution in [0.2, 0.25) is 0 Å². The SMILES string of the molecule is N#CCN1CCC(n2c(-c3ccccc3)nc3cnc4c(ccn4S(=O)(=O)c4ccccc4)c32)C1. The summed E-state index contributed by atoms with van der Waals surface area (Å²) in [5.74, 6) is 0.817. The van der Waals surface area contributed by atoms with Crippen LogP contribution < -0.4 is 0 Å². The van der Waals surface area contributed by atoms with Crippen molar-refractivity contribution in [3.8, 4) is 17.5 Å². The van der Waals surface area contributed by atoms with Crippen LogP contribution in [0.25, 0.3) is 33.5 Å². The molecule has 1 aliphatic heterocycles. The van der Waals surface area contributed by atoms with Crippen LogP contribution in [-0.4, -0.2) is 51.5 Å². The molecule has 1 atom stereocenters. The molecule has 3 aromatic heterocycles. The van der Waals surface area contributed by atoms with E-state index in [0.29, 0.717) is 17.7 Å². The van der Waals surface area contributed by atoms with Crippen molar-refractivity contribution >= 4 is 32.1 Å². The minimum Gasteiger partial charge on any atom is -0.319 e. The molecule has 0 N–H and O–H groups in total. The number of nitriles is 1. The molecular formula is C26H22N6O2S. The van der Waals surface area contributed by atoms with Gasteiger partial charge < -0.3 is 4.57 Å². The molecule has 2 aromatic carbocycles. The summed E-state index contributed by atoms with van der Waals surface area (Å²) < 4.78 is 30.2. The van der Waals surface area contributed by atoms with E-state index in [-0.39, 0.29) is 10.9 Å². The molecule has 1 saturated heterocycles. The predicted octanol–water partition coefficient (Wildman–Crippen LogP) is 4.06. The first-order chi connectivity index (χ1) is 17.1. The lowest BCUT2D eigenvalue weighted by Gasteiger charge is -2.18. The molecule has 0 amide bonds. The monoisotopic (exact) mass is 482 g/mol. The molecule has 1 aliphatic rings. The van der Waals surface area contributed by atoms with Gasteiger partial charge in [-0.25, -0.2) is 22.4 Å². The first-order valence-corrected chi connectivity index (χ1v) is 12.9. The highest BCUT2D eigenvalue weighted by atomic mass is 32.2. The van der Waals surface area contributed by atoms with Gasteiger partial charge in [-0.1, -0.05) is 48.5 Å². The van der Waals surface area contributed by atoms with E-state index in [9.17, 15) is 13.7 Å². The molecule has 5 aromatic rings. The molecule has 9 heteroatoms. The van der Waals surface area contributed by atoms with E-state index in [1.165, 1.54) is 3.97 Å². The van der Waals surface area contributed by atoms with E-state index in [1.54, 1.807) is 48.8 Å². The zero-order chi connectivity index (χ0) is 24.0. The van der Waals surface area contributed by atoms with E-state index in [0.717, 1.165) is 41.8 Å². The molecule has 8 nitrogen and oxygen atoms in total. The minimum atomic E-state index is -3.80. The fraction of sp³-hybridized carbons (Fsp3) is 0.192. The molecule has 4 heterocycles. The summed E-state index contributed by atoms with van der Waals surface area (Å²) in [6, 6.07) is 22.5. The van der Waals surface area contributed by atoms with Gasteiger partial charge in [0, 0.05) is 36.3 Å². The van der Waals surface area contributed by atoms with Gasteiger partial charge in [0.25, 0.3) is 10.0 Å². The van der Waals surface area contributed by atoms with Crippen LogP contribution in [0, 0.1) is 11.3 Å². The number of aromatic nitrogens is 4. The van der Waals surface area contributed by atoms with Crippen LogP contribution in [0.4, 0.5) is 0 Å². The van der Waals surface area contributed by atoms with Crippen molar-refractivity contribution in [2.45, 2.75) is 17.4 Å². The third-order valence-electron chi connectivity index (χ3n) is 6.57. The smallest absolute Gasteiger partial charge is 0.269 e. The Labute approximate surface area is 202 Å². The van der Waals surface area contributed by atoms with Crippen LogP contribution in [0.15, 0.2) is 84.0 Å². The van der Waals surface area contributed by atoms with Crippen LogP contribution in [0.5, 0.6) is 0 Å². The summed E-state index contributed by atoms with van der Waals surface area (Å²) in [5.41, 5.74) is 2.92. The van der Waals surface area contributed by atoms with Crippen molar-refractivity contribution in [1.29, 1.82) is 5.26 Å². The zero-order valence-electron chi connectivity index (χ0n) is 18.8. The number of pyridine rings is 1. The molecule has 174 valence electrons. The number of imidazole rings is 1. The van der Waals surface area contributed by atoms with Crippen molar-refractivity contribution in [2.75, 3.05) is 19.6 Å². The van der Waals surface area contributed by atoms with Crippen molar-refractivity contribution in [3.63, 3.8) is 0 Å². The van der Waals surface area contributed by atoms with Gasteiger partial charge >= 0.3 is 0 Å². The van der Waals surface area contributed by atoms with Crippen molar-refractivity contribution in [2.24, 2.45) is 0 Å². The molecule has 6 rings (SSSR count). The van der Waals surface area contributed by atoms with E-state index in [1.807, 2.05) is 30.3 Å². The summed E-state index contributed by atoms with van der Waals surface area (Å²) in [6.07, 6.45) is 4.09. The maximum Gasteiger partial charge on any atom is 0.269 e. The number of rotatable bonds is 5. The van der Waals surface area contributed by atoms with Gasteiger partial charge in [-0.3, -0.25) is 4.90 Å². The fourth-order valence-corrected chi connectivity index (χ4v) is 6.28. The summed E-state index contributed by atoms with van der Waals surface area (Å²) in [4.78, 5) is 11.8. The van der Waals surface area contributed by atoms with Gasteiger partial charge in [-0.05, 0) is 24.6 Å². The van der Waals surface area contributed by atoms with Gasteiger partial charge in [-0.2, -0.15) is 5.26 Å². The molecule has 1 unspecified atom stereocenters. The van der Waals surface area contributed by atoms with E-state index < -0.39 is 10.0 Å². The second-order valence-electron chi connectivity index (χ2n) is 8.67. The van der Waals surface area contributed by atoms with Gasteiger partial charge in [-0.15, -0.1) is 0 Å². The first kappa shape index (κ1) is 21.5. The summed E-state index contributed by atoms with van der Waals surface area (Å²) in [5, 5.41) is 9.92. The maximum absolute atomic E-state index is 13.4. The lowest BCUT2D eigenvalue weighted by Crippen LogP contribution is -2.22. The third kappa shape index (κ3) is 3.50. The molecule has 35 heavy (non-hydrogen) atoms. The topological polar surface area (TPSA) is 96.8 Å². The quantitative estimate of drug-likeness (QED) is 0.351. The van der Waals surface area contributed by atoms with Crippen molar-refractivity contribution in [3.05, 3.63) is 79.1 Å². The lowest BCUT2D eigenvalue weighted by molar-refractivity contribution is 0.363. The second-order valence-corrected chi connectivity index (χ2v) is 10.5. The van der Waals surface area contributed by atoms with E-state index >= 15 is 0 Å². The molecule has 0 radical (unpaired) electrons. The molecule has 0 saturated carbocycles. The number of likely N-dealkylation sites (tertiary alicyclic amines) is 1. The first-order valence-electron chi connectivity index (χ1n) is 11.4. The Bertz CT molecular complexity index is 1680. The van der Waals surface area contributed by atoms with Gasteiger partial charge in [0.1, 0.15) is 11.3 Å². The van der Waals surface area contributed by atoms with Crippen LogP contribution >= 0.6 is 0 Å². The summed E-state index contributed by atoms with van der Waals surface area (Å²) in [7, 11) is -3.80. The summed E-state index contributed by atoms with van der Waals surface area (Å²) >= 11 is 0. The highest BCUT2D eigenvalue weighted by Gasteiger charge is 2.30. The van der Waals surface area contributed by atoms with Crippen LogP contribution in [0.3, 0.4) is 0 Å². The van der Waals surface area contributed by atoms with Crippen LogP contribution in [-0.2, 0) is 10.0 Å². The standard InChI is InChI=1S/C26H22N6O2S/c27-13-16-30-14-11-20(18-30)32-24-22-12-15-31(35(33,34)21-9-5-2-6-10-21)26(22)28-17-23(24)29-25(32)19-7-3-1-4-8-19/h1-10,12,15,17,20H,11,14,16,18H2. The number of benzene rings is 2. The molecule has 0 bridgehead atoms. The molecule has 1 fully saturated rings. The Balaban J connectivity index is 1.59. The Kier molecular flexibility index (Phi) is 5.13. The maximum atomic E-state index is 13.4. The number of hydrogen-bond donors (Lipinski definition) is 0. The average molecular weight is 483 g/mol. The lowest BCUT2D eigenvalue weighted by atomic mass is 10.1. The Morgan fingerprint density at radius 3 is 2.51 bits per heavy atom. The normalized spacial score (nSPS) is 16.7. The highest BCUT2D eigenvalue weighted by Crippen LogP contribution is 2.36. The van der Waals surface area contributed by atoms with Crippen LogP contribution in [0.1, 0.15) is 12.5 Å². The minimum absolute atomic E-state index is 0.100. The Morgan fingerprint density at radius 2 is 1.77 bits per heavy atom. The third-order valence-corrected chi connectivity index (χ3v) is 8.25. The van der Waals surface area contributed by atoms with E-state index in [4.69, 9.17) is 4.98 Å². The highest BCUT2D eigenvalue weighted by molar-refractivity contribution is 7.90. The Morgan fingerprint density at radius 1 is 1.03 bits per heavy atom. The largest absolute Gasteiger partial charge is 0.319 e. The average Bonchev–Trinajstić information content (AvgIpc) is 3.61. The predicted molar refractivity (Wildman–Crippen MR) is 133 cm³/mol. The zero-order valence-corrected chi connectivity index (χ0v) is 19.6. The van der Waals surface area contributed by atoms with Crippen molar-refractivity contribution < 1.29 is 8.42 Å². The number of hydrogen-bond acceptors (Lipinski definition) is 6. The summed E-state index contributed by atoms with van der Waals surface area (Å²) in [6.45, 7) is 1.93.